The number of hydrogen-bond acceptors (Lipinski definition) is 5. The second-order valence-corrected chi connectivity index (χ2v) is 6.04. The van der Waals surface area contributed by atoms with E-state index in [4.69, 9.17) is 9.26 Å². The van der Waals surface area contributed by atoms with Gasteiger partial charge in [0.05, 0.1) is 18.0 Å². The number of halogens is 1. The molecule has 0 spiro atoms. The normalized spacial score (nSPS) is 13.1. The highest BCUT2D eigenvalue weighted by atomic mass is 79.9. The fraction of sp³-hybridized carbons (Fsp3) is 0.667. The summed E-state index contributed by atoms with van der Waals surface area (Å²) in [6.07, 6.45) is 5.34. The van der Waals surface area contributed by atoms with Gasteiger partial charge in [0.2, 0.25) is 5.76 Å². The van der Waals surface area contributed by atoms with Crippen LogP contribution in [0.5, 0.6) is 5.88 Å². The first-order valence-electron chi connectivity index (χ1n) is 6.39. The zero-order chi connectivity index (χ0) is 14.1. The molecule has 19 heavy (non-hydrogen) atoms. The minimum absolute atomic E-state index is 0.411. The number of ether oxygens (including phenoxy) is 1. The van der Waals surface area contributed by atoms with Crippen LogP contribution >= 0.6 is 15.9 Å². The van der Waals surface area contributed by atoms with E-state index in [-0.39, 0.29) is 0 Å². The van der Waals surface area contributed by atoms with E-state index in [0.717, 1.165) is 25.7 Å². The van der Waals surface area contributed by atoms with Crippen molar-refractivity contribution >= 4 is 33.5 Å². The molecular weight excluding hydrogens is 332 g/mol. The maximum atomic E-state index is 11.5. The third-order valence-corrected chi connectivity index (χ3v) is 4.04. The van der Waals surface area contributed by atoms with Crippen LogP contribution in [0.15, 0.2) is 13.4 Å². The van der Waals surface area contributed by atoms with Gasteiger partial charge in [-0.15, -0.1) is 0 Å². The molecule has 5 nitrogen and oxygen atoms in total. The first-order valence-corrected chi connectivity index (χ1v) is 8.46. The molecule has 0 bridgehead atoms. The second kappa shape index (κ2) is 9.39. The van der Waals surface area contributed by atoms with Gasteiger partial charge >= 0.3 is 0 Å². The molecule has 1 atom stereocenters. The lowest BCUT2D eigenvalue weighted by Crippen LogP contribution is -2.02. The molecule has 0 N–H and O–H groups in total. The van der Waals surface area contributed by atoms with E-state index in [1.165, 1.54) is 6.21 Å². The molecule has 0 saturated heterocycles. The summed E-state index contributed by atoms with van der Waals surface area (Å²) >= 11 is 2.13. The van der Waals surface area contributed by atoms with Crippen molar-refractivity contribution < 1.29 is 13.8 Å². The topological polar surface area (TPSA) is 70.7 Å². The van der Waals surface area contributed by atoms with Gasteiger partial charge in [0, 0.05) is 0 Å². The molecule has 0 radical (unpaired) electrons. The van der Waals surface area contributed by atoms with Crippen molar-refractivity contribution in [2.24, 2.45) is 4.40 Å². The monoisotopic (exact) mass is 350 g/mol. The number of aromatic nitrogens is 1. The standard InChI is InChI=1S/C12H19BrN2O3S/c1-3-5-7-17-12-11(13)10(18-15-12)9-14-19(16)8-6-4-2/h9H,3-8H2,1-2H3/b14-9+/t19-/m0/s1. The highest BCUT2D eigenvalue weighted by molar-refractivity contribution is 9.10. The van der Waals surface area contributed by atoms with Crippen LogP contribution in [0.3, 0.4) is 0 Å². The fourth-order valence-electron chi connectivity index (χ4n) is 1.19. The van der Waals surface area contributed by atoms with E-state index < -0.39 is 11.4 Å². The summed E-state index contributed by atoms with van der Waals surface area (Å²) in [5.41, 5.74) is 0. The zero-order valence-corrected chi connectivity index (χ0v) is 13.6. The van der Waals surface area contributed by atoms with Crippen molar-refractivity contribution in [1.29, 1.82) is 0 Å². The molecule has 1 rings (SSSR count). The minimum atomic E-state index is -1.21. The average molecular weight is 351 g/mol. The maximum Gasteiger partial charge on any atom is 0.269 e. The van der Waals surface area contributed by atoms with E-state index in [2.05, 4.69) is 32.4 Å². The summed E-state index contributed by atoms with van der Waals surface area (Å²) in [6, 6.07) is 0. The van der Waals surface area contributed by atoms with Crippen molar-refractivity contribution in [1.82, 2.24) is 5.16 Å². The Morgan fingerprint density at radius 1 is 1.42 bits per heavy atom. The minimum Gasteiger partial charge on any atom is -0.591 e. The van der Waals surface area contributed by atoms with Crippen molar-refractivity contribution in [2.75, 3.05) is 12.4 Å². The van der Waals surface area contributed by atoms with Gasteiger partial charge in [-0.3, -0.25) is 0 Å². The van der Waals surface area contributed by atoms with E-state index in [1.807, 2.05) is 6.92 Å². The summed E-state index contributed by atoms with van der Waals surface area (Å²) in [5.74, 6) is 1.41. The highest BCUT2D eigenvalue weighted by Gasteiger charge is 2.14. The second-order valence-electron chi connectivity index (χ2n) is 3.98. The number of hydrogen-bond donors (Lipinski definition) is 0. The molecule has 7 heteroatoms. The molecule has 108 valence electrons. The molecule has 0 fully saturated rings. The lowest BCUT2D eigenvalue weighted by atomic mass is 10.4. The van der Waals surface area contributed by atoms with Crippen LogP contribution in [0.1, 0.15) is 45.3 Å². The SMILES string of the molecule is CCCCOc1noc(/C=N/[S@@+]([O-])CCCC)c1Br. The van der Waals surface area contributed by atoms with Gasteiger partial charge < -0.3 is 13.8 Å². The molecule has 0 aliphatic carbocycles. The van der Waals surface area contributed by atoms with Gasteiger partial charge in [0.1, 0.15) is 16.4 Å². The summed E-state index contributed by atoms with van der Waals surface area (Å²) in [5, 5.41) is 3.79. The van der Waals surface area contributed by atoms with Crippen LogP contribution < -0.4 is 4.74 Å². The lowest BCUT2D eigenvalue weighted by molar-refractivity contribution is 0.272. The highest BCUT2D eigenvalue weighted by Crippen LogP contribution is 2.27. The quantitative estimate of drug-likeness (QED) is 0.388. The van der Waals surface area contributed by atoms with Crippen molar-refractivity contribution in [3.8, 4) is 5.88 Å². The number of rotatable bonds is 9. The molecule has 0 aromatic carbocycles. The molecule has 1 aromatic rings. The van der Waals surface area contributed by atoms with Gasteiger partial charge in [-0.25, -0.2) is 0 Å². The van der Waals surface area contributed by atoms with Crippen LogP contribution in [-0.2, 0) is 11.4 Å². The Hall–Kier alpha value is -0.530. The first kappa shape index (κ1) is 16.5. The zero-order valence-electron chi connectivity index (χ0n) is 11.2. The van der Waals surface area contributed by atoms with Gasteiger partial charge in [-0.05, 0) is 33.9 Å². The third-order valence-electron chi connectivity index (χ3n) is 2.33. The Morgan fingerprint density at radius 2 is 2.16 bits per heavy atom. The predicted octanol–water partition coefficient (Wildman–Crippen LogP) is 3.50. The molecule has 0 aliphatic heterocycles. The van der Waals surface area contributed by atoms with Crippen molar-refractivity contribution in [3.63, 3.8) is 0 Å². The predicted molar refractivity (Wildman–Crippen MR) is 80.1 cm³/mol. The summed E-state index contributed by atoms with van der Waals surface area (Å²) < 4.78 is 26.6. The molecule has 0 aliphatic rings. The largest absolute Gasteiger partial charge is 0.591 e. The Labute approximate surface area is 125 Å². The first-order chi connectivity index (χ1) is 9.19. The molecule has 1 aromatic heterocycles. The van der Waals surface area contributed by atoms with E-state index in [1.54, 1.807) is 0 Å². The molecule has 0 saturated carbocycles. The van der Waals surface area contributed by atoms with Gasteiger partial charge in [-0.1, -0.05) is 31.1 Å². The smallest absolute Gasteiger partial charge is 0.269 e. The van der Waals surface area contributed by atoms with Crippen molar-refractivity contribution in [2.45, 2.75) is 39.5 Å². The third kappa shape index (κ3) is 5.97. The number of unbranched alkanes of at least 4 members (excludes halogenated alkanes) is 2. The van der Waals surface area contributed by atoms with E-state index >= 15 is 0 Å². The van der Waals surface area contributed by atoms with Crippen LogP contribution in [0.4, 0.5) is 0 Å². The molecular formula is C12H19BrN2O3S. The molecule has 0 unspecified atom stereocenters. The maximum absolute atomic E-state index is 11.5. The summed E-state index contributed by atoms with van der Waals surface area (Å²) in [7, 11) is 0. The summed E-state index contributed by atoms with van der Waals surface area (Å²) in [6.45, 7) is 4.74. The number of nitrogens with zero attached hydrogens (tertiary/aromatic N) is 2. The average Bonchev–Trinajstić information content (AvgIpc) is 2.75. The van der Waals surface area contributed by atoms with Gasteiger partial charge in [0.25, 0.3) is 5.88 Å². The van der Waals surface area contributed by atoms with Gasteiger partial charge in [0.15, 0.2) is 0 Å². The summed E-state index contributed by atoms with van der Waals surface area (Å²) in [4.78, 5) is 0. The van der Waals surface area contributed by atoms with E-state index in [0.29, 0.717) is 28.5 Å². The van der Waals surface area contributed by atoms with Crippen LogP contribution in [0.2, 0.25) is 0 Å². The van der Waals surface area contributed by atoms with Crippen molar-refractivity contribution in [3.05, 3.63) is 10.2 Å². The van der Waals surface area contributed by atoms with Crippen LogP contribution in [0.25, 0.3) is 0 Å². The molecule has 1 heterocycles. The fourth-order valence-corrected chi connectivity index (χ4v) is 2.40. The van der Waals surface area contributed by atoms with E-state index in [9.17, 15) is 4.55 Å². The van der Waals surface area contributed by atoms with Crippen LogP contribution in [-0.4, -0.2) is 28.3 Å². The Kier molecular flexibility index (Phi) is 8.16. The molecule has 0 amide bonds. The Morgan fingerprint density at radius 3 is 2.84 bits per heavy atom. The van der Waals surface area contributed by atoms with Gasteiger partial charge in [-0.2, -0.15) is 0 Å². The Balaban J connectivity index is 2.52. The Bertz CT molecular complexity index is 398. The van der Waals surface area contributed by atoms with Crippen LogP contribution in [0, 0.1) is 0 Å². The lowest BCUT2D eigenvalue weighted by Gasteiger charge is -2.00.